The van der Waals surface area contributed by atoms with Crippen LogP contribution < -0.4 is 10.6 Å². The first kappa shape index (κ1) is 24.9. The van der Waals surface area contributed by atoms with Crippen LogP contribution >= 0.6 is 35.6 Å². The minimum absolute atomic E-state index is 0. The third-order valence-electron chi connectivity index (χ3n) is 5.01. The molecule has 1 aliphatic heterocycles. The molecule has 1 aromatic heterocycles. The molecule has 0 radical (unpaired) electrons. The van der Waals surface area contributed by atoms with Gasteiger partial charge in [-0.05, 0) is 23.6 Å². The summed E-state index contributed by atoms with van der Waals surface area (Å²) in [6.07, 6.45) is 0. The minimum atomic E-state index is 0. The number of hydrogen-bond acceptors (Lipinski definition) is 5. The van der Waals surface area contributed by atoms with Gasteiger partial charge in [-0.3, -0.25) is 9.89 Å². The van der Waals surface area contributed by atoms with Crippen molar-refractivity contribution < 1.29 is 9.26 Å². The fourth-order valence-corrected chi connectivity index (χ4v) is 3.53. The van der Waals surface area contributed by atoms with Crippen molar-refractivity contribution in [1.82, 2.24) is 20.7 Å². The number of guanidine groups is 1. The van der Waals surface area contributed by atoms with E-state index in [-0.39, 0.29) is 30.0 Å². The number of ether oxygens (including phenoxy) is 1. The molecule has 1 saturated heterocycles. The molecule has 7 nitrogen and oxygen atoms in total. The molecule has 1 atom stereocenters. The van der Waals surface area contributed by atoms with Gasteiger partial charge < -0.3 is 19.9 Å². The molecule has 3 rings (SSSR count). The van der Waals surface area contributed by atoms with Crippen LogP contribution in [-0.4, -0.2) is 55.9 Å². The summed E-state index contributed by atoms with van der Waals surface area (Å²) in [6, 6.07) is 10.2. The van der Waals surface area contributed by atoms with E-state index in [0.717, 1.165) is 42.8 Å². The normalized spacial score (nSPS) is 16.2. The predicted octanol–water partition coefficient (Wildman–Crippen LogP) is 3.81. The zero-order valence-electron chi connectivity index (χ0n) is 17.7. The summed E-state index contributed by atoms with van der Waals surface area (Å²) < 4.78 is 10.9. The van der Waals surface area contributed by atoms with Gasteiger partial charge in [0.25, 0.3) is 0 Å². The second-order valence-corrected chi connectivity index (χ2v) is 7.84. The van der Waals surface area contributed by atoms with E-state index in [1.165, 1.54) is 5.56 Å². The molecule has 2 heterocycles. The van der Waals surface area contributed by atoms with Gasteiger partial charge in [-0.2, -0.15) is 0 Å². The van der Waals surface area contributed by atoms with Crippen LogP contribution in [0.1, 0.15) is 42.8 Å². The van der Waals surface area contributed by atoms with E-state index in [1.807, 2.05) is 24.3 Å². The van der Waals surface area contributed by atoms with Crippen molar-refractivity contribution in [3.8, 4) is 0 Å². The molecule has 1 aromatic carbocycles. The minimum Gasteiger partial charge on any atom is -0.379 e. The Balaban J connectivity index is 0.00000320. The number of nitrogens with zero attached hydrogens (tertiary/aromatic N) is 3. The SMILES string of the molecule is CN=C(NCc1cc(C(C)C)no1)NCC(c1cccc(Cl)c1)N1CCOCC1.I. The van der Waals surface area contributed by atoms with Crippen molar-refractivity contribution in [3.05, 3.63) is 52.4 Å². The molecule has 9 heteroatoms. The van der Waals surface area contributed by atoms with E-state index in [9.17, 15) is 0 Å². The highest BCUT2D eigenvalue weighted by Gasteiger charge is 2.23. The first-order valence-electron chi connectivity index (χ1n) is 10.0. The van der Waals surface area contributed by atoms with Crippen LogP contribution in [0.25, 0.3) is 0 Å². The number of nitrogens with one attached hydrogen (secondary N) is 2. The van der Waals surface area contributed by atoms with Crippen molar-refractivity contribution in [2.24, 2.45) is 4.99 Å². The summed E-state index contributed by atoms with van der Waals surface area (Å²) in [6.45, 7) is 8.68. The summed E-state index contributed by atoms with van der Waals surface area (Å²) in [5, 5.41) is 11.6. The summed E-state index contributed by atoms with van der Waals surface area (Å²) >= 11 is 6.24. The molecule has 2 N–H and O–H groups in total. The van der Waals surface area contributed by atoms with E-state index in [1.54, 1.807) is 7.05 Å². The Morgan fingerprint density at radius 2 is 2.00 bits per heavy atom. The average molecular weight is 548 g/mol. The van der Waals surface area contributed by atoms with E-state index in [0.29, 0.717) is 25.0 Å². The molecule has 1 aliphatic rings. The third-order valence-corrected chi connectivity index (χ3v) is 5.24. The average Bonchev–Trinajstić information content (AvgIpc) is 3.21. The van der Waals surface area contributed by atoms with Gasteiger partial charge in [-0.25, -0.2) is 0 Å². The number of aliphatic imine (C=N–C) groups is 1. The molecule has 30 heavy (non-hydrogen) atoms. The lowest BCUT2D eigenvalue weighted by Gasteiger charge is -2.35. The fourth-order valence-electron chi connectivity index (χ4n) is 3.33. The van der Waals surface area contributed by atoms with Gasteiger partial charge in [0.15, 0.2) is 11.7 Å². The number of morpholine rings is 1. The first-order valence-corrected chi connectivity index (χ1v) is 10.4. The molecular formula is C21H31ClIN5O2. The molecule has 0 amide bonds. The molecule has 2 aromatic rings. The highest BCUT2D eigenvalue weighted by Crippen LogP contribution is 2.24. The van der Waals surface area contributed by atoms with Crippen molar-refractivity contribution in [2.45, 2.75) is 32.4 Å². The Morgan fingerprint density at radius 1 is 1.23 bits per heavy atom. The first-order chi connectivity index (χ1) is 14.1. The Kier molecular flexibility index (Phi) is 10.4. The highest BCUT2D eigenvalue weighted by molar-refractivity contribution is 14.0. The van der Waals surface area contributed by atoms with Crippen molar-refractivity contribution in [3.63, 3.8) is 0 Å². The summed E-state index contributed by atoms with van der Waals surface area (Å²) in [4.78, 5) is 6.75. The third kappa shape index (κ3) is 7.11. The Bertz CT molecular complexity index is 808. The van der Waals surface area contributed by atoms with Crippen LogP contribution in [-0.2, 0) is 11.3 Å². The molecule has 166 valence electrons. The maximum atomic E-state index is 6.24. The molecule has 0 bridgehead atoms. The number of benzene rings is 1. The Labute approximate surface area is 200 Å². The molecule has 0 saturated carbocycles. The standard InChI is InChI=1S/C21H30ClN5O2.HI/c1-15(2)19-12-18(29-26-19)13-24-21(23-3)25-14-20(27-7-9-28-10-8-27)16-5-4-6-17(22)11-16;/h4-6,11-12,15,20H,7-10,13-14H2,1-3H3,(H2,23,24,25);1H. The Hall–Kier alpha value is -1.36. The molecule has 1 fully saturated rings. The summed E-state index contributed by atoms with van der Waals surface area (Å²) in [7, 11) is 1.76. The maximum absolute atomic E-state index is 6.24. The lowest BCUT2D eigenvalue weighted by atomic mass is 10.0. The van der Waals surface area contributed by atoms with Gasteiger partial charge in [0.2, 0.25) is 0 Å². The molecule has 1 unspecified atom stereocenters. The largest absolute Gasteiger partial charge is 0.379 e. The maximum Gasteiger partial charge on any atom is 0.191 e. The van der Waals surface area contributed by atoms with E-state index in [4.69, 9.17) is 20.9 Å². The number of hydrogen-bond donors (Lipinski definition) is 2. The second kappa shape index (κ2) is 12.5. The summed E-state index contributed by atoms with van der Waals surface area (Å²) in [5.74, 6) is 1.85. The van der Waals surface area contributed by atoms with Crippen molar-refractivity contribution in [1.29, 1.82) is 0 Å². The van der Waals surface area contributed by atoms with Gasteiger partial charge in [0.05, 0.1) is 31.5 Å². The van der Waals surface area contributed by atoms with Crippen LogP contribution in [0.5, 0.6) is 0 Å². The van der Waals surface area contributed by atoms with Gasteiger partial charge in [-0.15, -0.1) is 24.0 Å². The van der Waals surface area contributed by atoms with Crippen molar-refractivity contribution >= 4 is 41.5 Å². The topological polar surface area (TPSA) is 74.9 Å². The van der Waals surface area contributed by atoms with Gasteiger partial charge >= 0.3 is 0 Å². The lowest BCUT2D eigenvalue weighted by molar-refractivity contribution is 0.0170. The smallest absolute Gasteiger partial charge is 0.191 e. The van der Waals surface area contributed by atoms with Crippen molar-refractivity contribution in [2.75, 3.05) is 39.9 Å². The lowest BCUT2D eigenvalue weighted by Crippen LogP contribution is -2.46. The van der Waals surface area contributed by atoms with Gasteiger partial charge in [0.1, 0.15) is 0 Å². The molecular weight excluding hydrogens is 517 g/mol. The molecule has 0 spiro atoms. The number of rotatable bonds is 7. The van der Waals surface area contributed by atoms with Crippen LogP contribution in [0.3, 0.4) is 0 Å². The van der Waals surface area contributed by atoms with Crippen LogP contribution in [0.15, 0.2) is 39.8 Å². The van der Waals surface area contributed by atoms with Gasteiger partial charge in [0, 0.05) is 37.8 Å². The van der Waals surface area contributed by atoms with E-state index in [2.05, 4.69) is 45.6 Å². The second-order valence-electron chi connectivity index (χ2n) is 7.40. The number of aromatic nitrogens is 1. The van der Waals surface area contributed by atoms with Crippen LogP contribution in [0, 0.1) is 0 Å². The van der Waals surface area contributed by atoms with E-state index >= 15 is 0 Å². The Morgan fingerprint density at radius 3 is 2.63 bits per heavy atom. The zero-order chi connectivity index (χ0) is 20.6. The number of halogens is 2. The highest BCUT2D eigenvalue weighted by atomic mass is 127. The predicted molar refractivity (Wildman–Crippen MR) is 131 cm³/mol. The molecule has 0 aliphatic carbocycles. The van der Waals surface area contributed by atoms with Crippen LogP contribution in [0.2, 0.25) is 5.02 Å². The fraction of sp³-hybridized carbons (Fsp3) is 0.524. The monoisotopic (exact) mass is 547 g/mol. The van der Waals surface area contributed by atoms with Crippen LogP contribution in [0.4, 0.5) is 0 Å². The zero-order valence-corrected chi connectivity index (χ0v) is 20.8. The quantitative estimate of drug-likeness (QED) is 0.312. The summed E-state index contributed by atoms with van der Waals surface area (Å²) in [5.41, 5.74) is 2.14. The van der Waals surface area contributed by atoms with E-state index < -0.39 is 0 Å². The van der Waals surface area contributed by atoms with Gasteiger partial charge in [-0.1, -0.05) is 42.7 Å².